The van der Waals surface area contributed by atoms with Gasteiger partial charge in [0.2, 0.25) is 0 Å². The largest absolute Gasteiger partial charge is 0.417 e. The third-order valence-corrected chi connectivity index (χ3v) is 11.9. The maximum absolute atomic E-state index is 14.1. The third kappa shape index (κ3) is 4.20. The van der Waals surface area contributed by atoms with Gasteiger partial charge < -0.3 is 0 Å². The molecule has 1 nitrogen and oxygen atoms in total. The lowest BCUT2D eigenvalue weighted by molar-refractivity contribution is -0.136. The molecule has 0 bridgehead atoms. The summed E-state index contributed by atoms with van der Waals surface area (Å²) in [4.78, 5) is 4.58. The Morgan fingerprint density at radius 3 is 1.98 bits per heavy atom. The Morgan fingerprint density at radius 2 is 1.17 bits per heavy atom. The van der Waals surface area contributed by atoms with Gasteiger partial charge >= 0.3 is 6.18 Å². The van der Waals surface area contributed by atoms with E-state index in [1.54, 1.807) is 30.5 Å². The molecule has 1 aromatic heterocycles. The van der Waals surface area contributed by atoms with Crippen LogP contribution in [0.1, 0.15) is 5.56 Å². The lowest BCUT2D eigenvalue weighted by atomic mass is 9.93. The number of hydrogen-bond acceptors (Lipinski definition) is 1. The molecule has 0 saturated carbocycles. The smallest absolute Gasteiger partial charge is 0.256 e. The fourth-order valence-corrected chi connectivity index (χ4v) is 8.51. The monoisotopic (exact) mass is 557 g/mol. The van der Waals surface area contributed by atoms with Gasteiger partial charge in [0.25, 0.3) is 0 Å². The summed E-state index contributed by atoms with van der Waals surface area (Å²) >= 11 is 0. The first-order valence-corrected chi connectivity index (χ1v) is 16.6. The molecule has 200 valence electrons. The van der Waals surface area contributed by atoms with Gasteiger partial charge in [-0.1, -0.05) is 121 Å². The molecule has 0 fully saturated rings. The molecule has 0 aliphatic rings. The number of pyridine rings is 1. The zero-order valence-corrected chi connectivity index (χ0v) is 23.6. The molecule has 41 heavy (non-hydrogen) atoms. The van der Waals surface area contributed by atoms with Gasteiger partial charge in [-0.15, -0.1) is 0 Å². The number of hydrogen-bond donors (Lipinski definition) is 0. The molecular formula is C36H26F3NSi. The number of fused-ring (bicyclic) bond motifs is 6. The lowest BCUT2D eigenvalue weighted by Crippen LogP contribution is -2.52. The molecule has 6 aromatic carbocycles. The molecule has 0 amide bonds. The number of halogens is 3. The first-order valence-electron chi connectivity index (χ1n) is 13.6. The minimum atomic E-state index is -4.47. The van der Waals surface area contributed by atoms with Gasteiger partial charge in [0, 0.05) is 17.1 Å². The predicted octanol–water partition coefficient (Wildman–Crippen LogP) is 9.20. The van der Waals surface area contributed by atoms with Crippen LogP contribution in [0.4, 0.5) is 13.2 Å². The highest BCUT2D eigenvalue weighted by Gasteiger charge is 2.33. The van der Waals surface area contributed by atoms with Gasteiger partial charge in [-0.2, -0.15) is 13.2 Å². The average molecular weight is 558 g/mol. The molecule has 7 rings (SSSR count). The predicted molar refractivity (Wildman–Crippen MR) is 168 cm³/mol. The van der Waals surface area contributed by atoms with E-state index in [4.69, 9.17) is 0 Å². The van der Waals surface area contributed by atoms with Crippen LogP contribution in [0.3, 0.4) is 0 Å². The number of nitrogens with zero attached hydrogens (tertiary/aromatic N) is 1. The molecule has 5 heteroatoms. The van der Waals surface area contributed by atoms with Crippen LogP contribution in [-0.2, 0) is 6.18 Å². The van der Waals surface area contributed by atoms with E-state index in [-0.39, 0.29) is 5.39 Å². The van der Waals surface area contributed by atoms with Crippen molar-refractivity contribution in [3.05, 3.63) is 127 Å². The SMILES string of the molecule is C[Si](C)(c1ccccc1)c1ccc2c(ccc3c4ccnc(-c5cc(C(F)(F)F)c6ccccc6c5)c4ccc23)c1. The molecule has 0 aliphatic heterocycles. The quantitative estimate of drug-likeness (QED) is 0.156. The Morgan fingerprint density at radius 1 is 0.537 bits per heavy atom. The van der Waals surface area contributed by atoms with Gasteiger partial charge in [-0.3, -0.25) is 4.98 Å². The number of aromatic nitrogens is 1. The summed E-state index contributed by atoms with van der Waals surface area (Å²) in [6, 6.07) is 37.5. The second-order valence-corrected chi connectivity index (χ2v) is 15.6. The Balaban J connectivity index is 1.40. The summed E-state index contributed by atoms with van der Waals surface area (Å²) in [6.45, 7) is 4.76. The summed E-state index contributed by atoms with van der Waals surface area (Å²) in [5.41, 5.74) is 0.361. The summed E-state index contributed by atoms with van der Waals surface area (Å²) in [7, 11) is -1.86. The van der Waals surface area contributed by atoms with Crippen molar-refractivity contribution < 1.29 is 13.2 Å². The number of alkyl halides is 3. The van der Waals surface area contributed by atoms with Crippen LogP contribution >= 0.6 is 0 Å². The summed E-state index contributed by atoms with van der Waals surface area (Å²) < 4.78 is 42.2. The second-order valence-electron chi connectivity index (χ2n) is 11.2. The normalized spacial score (nSPS) is 12.5. The van der Waals surface area contributed by atoms with Gasteiger partial charge in [0.05, 0.1) is 11.3 Å². The van der Waals surface area contributed by atoms with E-state index in [9.17, 15) is 13.2 Å². The molecule has 0 aliphatic carbocycles. The summed E-state index contributed by atoms with van der Waals surface area (Å²) in [5.74, 6) is 0. The van der Waals surface area contributed by atoms with Crippen LogP contribution in [-0.4, -0.2) is 13.1 Å². The zero-order valence-electron chi connectivity index (χ0n) is 22.6. The van der Waals surface area contributed by atoms with E-state index >= 15 is 0 Å². The fraction of sp³-hybridized carbons (Fsp3) is 0.0833. The molecule has 0 unspecified atom stereocenters. The number of rotatable bonds is 3. The third-order valence-electron chi connectivity index (χ3n) is 8.42. The molecule has 1 heterocycles. The van der Waals surface area contributed by atoms with E-state index < -0.39 is 19.8 Å². The molecule has 0 spiro atoms. The van der Waals surface area contributed by atoms with Gasteiger partial charge in [-0.25, -0.2) is 0 Å². The maximum Gasteiger partial charge on any atom is 0.417 e. The number of benzene rings is 6. The lowest BCUT2D eigenvalue weighted by Gasteiger charge is -2.24. The highest BCUT2D eigenvalue weighted by molar-refractivity contribution is 7.00. The van der Waals surface area contributed by atoms with Crippen molar-refractivity contribution in [2.45, 2.75) is 19.3 Å². The minimum Gasteiger partial charge on any atom is -0.256 e. The molecule has 7 aromatic rings. The average Bonchev–Trinajstić information content (AvgIpc) is 2.99. The summed E-state index contributed by atoms with van der Waals surface area (Å²) in [6.07, 6.45) is -2.77. The topological polar surface area (TPSA) is 12.9 Å². The van der Waals surface area contributed by atoms with Crippen molar-refractivity contribution >= 4 is 61.5 Å². The van der Waals surface area contributed by atoms with Crippen LogP contribution in [0.2, 0.25) is 13.1 Å². The highest BCUT2D eigenvalue weighted by Crippen LogP contribution is 2.40. The second kappa shape index (κ2) is 9.28. The molecule has 0 radical (unpaired) electrons. The van der Waals surface area contributed by atoms with E-state index in [1.807, 2.05) is 12.1 Å². The Labute approximate surface area is 236 Å². The summed E-state index contributed by atoms with van der Waals surface area (Å²) in [5, 5.41) is 9.83. The van der Waals surface area contributed by atoms with Crippen LogP contribution in [0.25, 0.3) is 54.3 Å². The molecular weight excluding hydrogens is 531 g/mol. The van der Waals surface area contributed by atoms with Crippen LogP contribution in [0, 0.1) is 0 Å². The standard InChI is InChI=1S/C36H26F3NSi/c1-41(2,26-9-4-3-5-10-26)27-13-15-28-24(21-27)12-14-31-30(28)16-17-33-32(31)18-19-40-35(33)25-20-23-8-6-7-11-29(23)34(22-25)36(37,38)39/h3-22H,1-2H3. The van der Waals surface area contributed by atoms with E-state index in [0.29, 0.717) is 16.6 Å². The molecule has 0 saturated heterocycles. The minimum absolute atomic E-state index is 0.193. The first kappa shape index (κ1) is 25.5. The van der Waals surface area contributed by atoms with E-state index in [2.05, 4.69) is 84.8 Å². The van der Waals surface area contributed by atoms with Gasteiger partial charge in [-0.05, 0) is 55.9 Å². The van der Waals surface area contributed by atoms with E-state index in [0.717, 1.165) is 26.9 Å². The van der Waals surface area contributed by atoms with Crippen molar-refractivity contribution in [1.82, 2.24) is 4.98 Å². The van der Waals surface area contributed by atoms with E-state index in [1.165, 1.54) is 27.9 Å². The Kier molecular flexibility index (Phi) is 5.77. The van der Waals surface area contributed by atoms with Crippen molar-refractivity contribution in [2.24, 2.45) is 0 Å². The highest BCUT2D eigenvalue weighted by atomic mass is 28.3. The zero-order chi connectivity index (χ0) is 28.4. The van der Waals surface area contributed by atoms with Crippen molar-refractivity contribution in [3.63, 3.8) is 0 Å². The van der Waals surface area contributed by atoms with Crippen molar-refractivity contribution in [2.75, 3.05) is 0 Å². The Bertz CT molecular complexity index is 2110. The molecule has 0 N–H and O–H groups in total. The maximum atomic E-state index is 14.1. The van der Waals surface area contributed by atoms with Crippen LogP contribution in [0.15, 0.2) is 121 Å². The van der Waals surface area contributed by atoms with Gasteiger partial charge in [0.1, 0.15) is 8.07 Å². The van der Waals surface area contributed by atoms with Crippen LogP contribution < -0.4 is 10.4 Å². The fourth-order valence-electron chi connectivity index (χ4n) is 6.13. The van der Waals surface area contributed by atoms with Crippen molar-refractivity contribution in [1.29, 1.82) is 0 Å². The Hall–Kier alpha value is -4.48. The van der Waals surface area contributed by atoms with Crippen molar-refractivity contribution in [3.8, 4) is 11.3 Å². The van der Waals surface area contributed by atoms with Gasteiger partial charge in [0.15, 0.2) is 0 Å². The first-order chi connectivity index (χ1) is 19.7. The molecule has 0 atom stereocenters. The van der Waals surface area contributed by atoms with Crippen LogP contribution in [0.5, 0.6) is 0 Å².